The van der Waals surface area contributed by atoms with Crippen molar-refractivity contribution in [3.63, 3.8) is 0 Å². The van der Waals surface area contributed by atoms with Gasteiger partial charge in [0, 0.05) is 36.3 Å². The number of nitrogens with zero attached hydrogens (tertiary/aromatic N) is 2. The summed E-state index contributed by atoms with van der Waals surface area (Å²) in [5, 5.41) is 2.56. The fourth-order valence-electron chi connectivity index (χ4n) is 6.03. The Morgan fingerprint density at radius 1 is 0.844 bits per heavy atom. The highest BCUT2D eigenvalue weighted by Crippen LogP contribution is 2.50. The maximum atomic E-state index is 13.9. The zero-order valence-corrected chi connectivity index (χ0v) is 20.6. The molecule has 0 unspecified atom stereocenters. The minimum Gasteiger partial charge on any atom is -0.370 e. The first kappa shape index (κ1) is 23.3. The minimum atomic E-state index is -0.303. The molecule has 32 heavy (non-hydrogen) atoms. The lowest BCUT2D eigenvalue weighted by Crippen LogP contribution is -2.32. The van der Waals surface area contributed by atoms with Crippen molar-refractivity contribution in [3.05, 3.63) is 41.5 Å². The van der Waals surface area contributed by atoms with Crippen molar-refractivity contribution in [3.8, 4) is 0 Å². The van der Waals surface area contributed by atoms with Gasteiger partial charge in [0.25, 0.3) is 0 Å². The molecule has 0 aromatic heterocycles. The Labute approximate surface area is 195 Å². The third-order valence-corrected chi connectivity index (χ3v) is 7.88. The molecule has 3 nitrogen and oxygen atoms in total. The maximum Gasteiger partial charge on any atom is 0.174 e. The van der Waals surface area contributed by atoms with Gasteiger partial charge in [-0.3, -0.25) is 4.79 Å². The molecule has 2 aliphatic rings. The van der Waals surface area contributed by atoms with E-state index in [1.165, 1.54) is 54.4 Å². The van der Waals surface area contributed by atoms with Crippen molar-refractivity contribution in [2.24, 2.45) is 0 Å². The maximum absolute atomic E-state index is 13.9. The molecule has 0 spiro atoms. The van der Waals surface area contributed by atoms with Gasteiger partial charge >= 0.3 is 0 Å². The van der Waals surface area contributed by atoms with E-state index in [0.717, 1.165) is 63.7 Å². The SMILES string of the molecule is CCCCN1CCCN(c2ccc3c4c(cccc24)C(=O)C3(CCCC)CCCC)CC1. The zero-order chi connectivity index (χ0) is 22.6. The Balaban J connectivity index is 1.71. The van der Waals surface area contributed by atoms with E-state index < -0.39 is 0 Å². The predicted molar refractivity (Wildman–Crippen MR) is 137 cm³/mol. The first-order valence-electron chi connectivity index (χ1n) is 13.2. The quantitative estimate of drug-likeness (QED) is 0.403. The molecule has 0 saturated carbocycles. The fourth-order valence-corrected chi connectivity index (χ4v) is 6.03. The third kappa shape index (κ3) is 4.21. The van der Waals surface area contributed by atoms with Gasteiger partial charge < -0.3 is 9.80 Å². The van der Waals surface area contributed by atoms with Crippen LogP contribution < -0.4 is 4.90 Å². The lowest BCUT2D eigenvalue weighted by molar-refractivity contribution is 0.0871. The summed E-state index contributed by atoms with van der Waals surface area (Å²) in [5.74, 6) is 0.388. The number of Topliss-reactive ketones (excluding diaryl/α,β-unsaturated/α-hetero) is 1. The molecule has 4 rings (SSSR count). The van der Waals surface area contributed by atoms with E-state index >= 15 is 0 Å². The Kier molecular flexibility index (Phi) is 7.55. The van der Waals surface area contributed by atoms with Crippen LogP contribution in [0.2, 0.25) is 0 Å². The standard InChI is InChI=1S/C29H42N2O/c1-4-7-16-29(17-8-5-2)25-14-15-26(23-12-10-13-24(27(23)25)28(29)32)31-20-11-19-30(21-22-31)18-9-6-3/h10,12-15H,4-9,11,16-22H2,1-3H3. The van der Waals surface area contributed by atoms with Crippen LogP contribution >= 0.6 is 0 Å². The molecular formula is C29H42N2O. The van der Waals surface area contributed by atoms with Gasteiger partial charge in [-0.05, 0) is 55.8 Å². The summed E-state index contributed by atoms with van der Waals surface area (Å²) in [6.07, 6.45) is 10.3. The van der Waals surface area contributed by atoms with Gasteiger partial charge in [0.05, 0.1) is 5.41 Å². The molecule has 0 amide bonds. The van der Waals surface area contributed by atoms with Gasteiger partial charge in [0.1, 0.15) is 0 Å². The molecular weight excluding hydrogens is 392 g/mol. The normalized spacial score (nSPS) is 18.5. The minimum absolute atomic E-state index is 0.303. The largest absolute Gasteiger partial charge is 0.370 e. The second-order valence-electron chi connectivity index (χ2n) is 10.0. The molecule has 0 atom stereocenters. The van der Waals surface area contributed by atoms with Crippen LogP contribution in [-0.2, 0) is 5.41 Å². The van der Waals surface area contributed by atoms with Gasteiger partial charge in [-0.25, -0.2) is 0 Å². The highest BCUT2D eigenvalue weighted by atomic mass is 16.1. The molecule has 174 valence electrons. The summed E-state index contributed by atoms with van der Waals surface area (Å²) in [6.45, 7) is 12.5. The number of hydrogen-bond acceptors (Lipinski definition) is 3. The van der Waals surface area contributed by atoms with Crippen LogP contribution in [0.3, 0.4) is 0 Å². The lowest BCUT2D eigenvalue weighted by atomic mass is 9.72. The summed E-state index contributed by atoms with van der Waals surface area (Å²) in [4.78, 5) is 19.1. The van der Waals surface area contributed by atoms with Crippen molar-refractivity contribution in [1.29, 1.82) is 0 Å². The van der Waals surface area contributed by atoms with Crippen molar-refractivity contribution in [2.75, 3.05) is 37.6 Å². The van der Waals surface area contributed by atoms with E-state index in [4.69, 9.17) is 0 Å². The van der Waals surface area contributed by atoms with Gasteiger partial charge in [0.15, 0.2) is 5.78 Å². The number of unbranched alkanes of at least 4 members (excludes halogenated alkanes) is 3. The molecule has 3 heteroatoms. The lowest BCUT2D eigenvalue weighted by Gasteiger charge is -2.30. The van der Waals surface area contributed by atoms with Crippen LogP contribution in [0.15, 0.2) is 30.3 Å². The summed E-state index contributed by atoms with van der Waals surface area (Å²) in [6, 6.07) is 11.1. The monoisotopic (exact) mass is 434 g/mol. The molecule has 1 aliphatic heterocycles. The average molecular weight is 435 g/mol. The van der Waals surface area contributed by atoms with E-state index in [1.54, 1.807) is 0 Å². The molecule has 1 fully saturated rings. The zero-order valence-electron chi connectivity index (χ0n) is 20.6. The van der Waals surface area contributed by atoms with E-state index in [9.17, 15) is 4.79 Å². The highest BCUT2D eigenvalue weighted by molar-refractivity contribution is 6.22. The average Bonchev–Trinajstić information content (AvgIpc) is 2.96. The molecule has 2 aromatic carbocycles. The Bertz CT molecular complexity index is 926. The Morgan fingerprint density at radius 3 is 2.31 bits per heavy atom. The van der Waals surface area contributed by atoms with Crippen molar-refractivity contribution in [1.82, 2.24) is 4.90 Å². The second kappa shape index (κ2) is 10.4. The van der Waals surface area contributed by atoms with Gasteiger partial charge in [-0.15, -0.1) is 0 Å². The number of ketones is 1. The van der Waals surface area contributed by atoms with Crippen molar-refractivity contribution >= 4 is 22.2 Å². The molecule has 0 bridgehead atoms. The smallest absolute Gasteiger partial charge is 0.174 e. The van der Waals surface area contributed by atoms with Crippen LogP contribution in [0.5, 0.6) is 0 Å². The molecule has 0 N–H and O–H groups in total. The summed E-state index contributed by atoms with van der Waals surface area (Å²) >= 11 is 0. The summed E-state index contributed by atoms with van der Waals surface area (Å²) < 4.78 is 0. The van der Waals surface area contributed by atoms with Gasteiger partial charge in [-0.2, -0.15) is 0 Å². The highest BCUT2D eigenvalue weighted by Gasteiger charge is 2.46. The van der Waals surface area contributed by atoms with Crippen LogP contribution in [0.4, 0.5) is 5.69 Å². The van der Waals surface area contributed by atoms with Crippen LogP contribution in [0.1, 0.15) is 94.5 Å². The fraction of sp³-hybridized carbons (Fsp3) is 0.621. The van der Waals surface area contributed by atoms with Gasteiger partial charge in [0.2, 0.25) is 0 Å². The molecule has 1 aliphatic carbocycles. The second-order valence-corrected chi connectivity index (χ2v) is 10.0. The first-order chi connectivity index (χ1) is 15.7. The molecule has 1 saturated heterocycles. The van der Waals surface area contributed by atoms with Crippen molar-refractivity contribution in [2.45, 2.75) is 84.0 Å². The van der Waals surface area contributed by atoms with Gasteiger partial charge in [-0.1, -0.05) is 77.1 Å². The number of carbonyl (C=O) groups excluding carboxylic acids is 1. The summed E-state index contributed by atoms with van der Waals surface area (Å²) in [7, 11) is 0. The number of benzene rings is 2. The van der Waals surface area contributed by atoms with E-state index in [2.05, 4.69) is 60.9 Å². The number of carbonyl (C=O) groups is 1. The summed E-state index contributed by atoms with van der Waals surface area (Å²) in [5.41, 5.74) is 3.32. The molecule has 2 aromatic rings. The van der Waals surface area contributed by atoms with E-state index in [0.29, 0.717) is 5.78 Å². The van der Waals surface area contributed by atoms with Crippen molar-refractivity contribution < 1.29 is 4.79 Å². The van der Waals surface area contributed by atoms with E-state index in [1.807, 2.05) is 0 Å². The molecule has 0 radical (unpaired) electrons. The molecule has 1 heterocycles. The first-order valence-corrected chi connectivity index (χ1v) is 13.2. The van der Waals surface area contributed by atoms with Crippen LogP contribution in [0, 0.1) is 0 Å². The number of anilines is 1. The van der Waals surface area contributed by atoms with Crippen LogP contribution in [-0.4, -0.2) is 43.4 Å². The number of rotatable bonds is 10. The van der Waals surface area contributed by atoms with E-state index in [-0.39, 0.29) is 5.41 Å². The Morgan fingerprint density at radius 2 is 1.59 bits per heavy atom. The third-order valence-electron chi connectivity index (χ3n) is 7.88. The topological polar surface area (TPSA) is 23.6 Å². The Hall–Kier alpha value is -1.87. The predicted octanol–water partition coefficient (Wildman–Crippen LogP) is 6.97. The number of hydrogen-bond donors (Lipinski definition) is 0. The van der Waals surface area contributed by atoms with Crippen LogP contribution in [0.25, 0.3) is 10.8 Å².